The number of carbonyl (C=O) groups is 1. The van der Waals surface area contributed by atoms with Gasteiger partial charge in [0.05, 0.1) is 12.8 Å². The van der Waals surface area contributed by atoms with Crippen molar-refractivity contribution in [2.45, 2.75) is 6.92 Å². The second kappa shape index (κ2) is 7.84. The van der Waals surface area contributed by atoms with Gasteiger partial charge in [0.1, 0.15) is 0 Å². The van der Waals surface area contributed by atoms with E-state index in [4.69, 9.17) is 0 Å². The second-order valence-electron chi connectivity index (χ2n) is 1.01. The first kappa shape index (κ1) is 11.6. The maximum absolute atomic E-state index is 10.2. The molecule has 1 atom stereocenters. The van der Waals surface area contributed by atoms with Crippen LogP contribution in [0.4, 0.5) is 0 Å². The van der Waals surface area contributed by atoms with Crippen LogP contribution >= 0.6 is 9.24 Å². The van der Waals surface area contributed by atoms with Crippen LogP contribution in [0.3, 0.4) is 0 Å². The summed E-state index contributed by atoms with van der Waals surface area (Å²) in [5, 5.41) is 0. The van der Waals surface area contributed by atoms with E-state index in [1.54, 1.807) is 6.92 Å². The van der Waals surface area contributed by atoms with Gasteiger partial charge in [-0.1, -0.05) is 0 Å². The summed E-state index contributed by atoms with van der Waals surface area (Å²) < 4.78 is 4.53. The van der Waals surface area contributed by atoms with Gasteiger partial charge in [0.25, 0.3) is 0 Å². The predicted octanol–water partition coefficient (Wildman–Crippen LogP) is 0.422. The minimum Gasteiger partial charge on any atom is -0.466 e. The van der Waals surface area contributed by atoms with E-state index in [-0.39, 0.29) is 33.6 Å². The molecule has 0 aliphatic heterocycles. The Hall–Kier alpha value is 0.835. The van der Waals surface area contributed by atoms with Crippen molar-refractivity contribution in [1.82, 2.24) is 0 Å². The minimum absolute atomic E-state index is 0. The van der Waals surface area contributed by atoms with Crippen LogP contribution < -0.4 is 0 Å². The molecule has 0 N–H and O–H groups in total. The van der Waals surface area contributed by atoms with Crippen LogP contribution in [0.5, 0.6) is 0 Å². The van der Waals surface area contributed by atoms with Crippen molar-refractivity contribution in [3.05, 3.63) is 0 Å². The third kappa shape index (κ3) is 6.84. The summed E-state index contributed by atoms with van der Waals surface area (Å²) in [5.41, 5.74) is 0. The van der Waals surface area contributed by atoms with Crippen molar-refractivity contribution < 1.29 is 37.2 Å². The molecule has 0 saturated heterocycles. The molecule has 0 aromatic heterocycles. The summed E-state index contributed by atoms with van der Waals surface area (Å²) in [4.78, 5) is 10.2. The summed E-state index contributed by atoms with van der Waals surface area (Å²) in [5.74, 6) is -0.160. The molecule has 0 aromatic rings. The fourth-order valence-corrected chi connectivity index (χ4v) is 0.338. The van der Waals surface area contributed by atoms with E-state index in [0.29, 0.717) is 12.8 Å². The molecule has 0 amide bonds. The van der Waals surface area contributed by atoms with Gasteiger partial charge in [-0.05, 0) is 6.92 Å². The predicted molar refractivity (Wildman–Crippen MR) is 31.2 cm³/mol. The minimum atomic E-state index is -0.160. The average molecular weight is 321 g/mol. The Balaban J connectivity index is 0. The number of ether oxygens (including phenoxy) is 1. The first-order chi connectivity index (χ1) is 3.31. The van der Waals surface area contributed by atoms with E-state index < -0.39 is 0 Å². The van der Waals surface area contributed by atoms with Gasteiger partial charge >= 0.3 is 5.97 Å². The summed E-state index contributed by atoms with van der Waals surface area (Å²) in [7, 11) is 2.29. The summed E-state index contributed by atoms with van der Waals surface area (Å²) >= 11 is 0. The maximum atomic E-state index is 10.2. The standard InChI is InChI=1S/C4H9O2P.Hg/c1-2-6-4(5)3-7;/h2-3,7H2,1H3;. The van der Waals surface area contributed by atoms with E-state index in [2.05, 4.69) is 14.0 Å². The second-order valence-corrected chi connectivity index (χ2v) is 1.42. The molecular weight excluding hydrogens is 312 g/mol. The molecule has 0 rings (SSSR count). The van der Waals surface area contributed by atoms with E-state index in [9.17, 15) is 4.79 Å². The molecule has 0 aliphatic rings. The first-order valence-corrected chi connectivity index (χ1v) is 2.98. The number of esters is 1. The van der Waals surface area contributed by atoms with Crippen LogP contribution in [0.25, 0.3) is 0 Å². The third-order valence-electron chi connectivity index (χ3n) is 0.472. The van der Waals surface area contributed by atoms with Gasteiger partial charge in [-0.3, -0.25) is 4.79 Å². The Morgan fingerprint density at radius 2 is 2.25 bits per heavy atom. The third-order valence-corrected chi connectivity index (χ3v) is 0.805. The van der Waals surface area contributed by atoms with Gasteiger partial charge in [0.15, 0.2) is 0 Å². The van der Waals surface area contributed by atoms with E-state index >= 15 is 0 Å². The molecular formula is C4H9HgO2P. The van der Waals surface area contributed by atoms with Crippen LogP contribution in [0.15, 0.2) is 0 Å². The molecule has 44 valence electrons. The molecule has 1 unspecified atom stereocenters. The molecule has 0 fully saturated rings. The summed E-state index contributed by atoms with van der Waals surface area (Å²) in [6.45, 7) is 2.27. The maximum Gasteiger partial charge on any atom is 0.309 e. The molecule has 8 heavy (non-hydrogen) atoms. The molecule has 0 aliphatic carbocycles. The number of carbonyl (C=O) groups excluding carboxylic acids is 1. The largest absolute Gasteiger partial charge is 0.466 e. The summed E-state index contributed by atoms with van der Waals surface area (Å²) in [6, 6.07) is 0. The van der Waals surface area contributed by atoms with Crippen LogP contribution in [0, 0.1) is 0 Å². The topological polar surface area (TPSA) is 26.3 Å². The molecule has 0 radical (unpaired) electrons. The zero-order valence-electron chi connectivity index (χ0n) is 5.02. The van der Waals surface area contributed by atoms with Crippen LogP contribution in [-0.2, 0) is 37.2 Å². The monoisotopic (exact) mass is 322 g/mol. The molecule has 0 aromatic carbocycles. The fraction of sp³-hybridized carbons (Fsp3) is 0.750. The van der Waals surface area contributed by atoms with Gasteiger partial charge in [-0.2, -0.15) is 0 Å². The Morgan fingerprint density at radius 1 is 1.75 bits per heavy atom. The molecule has 0 heterocycles. The Bertz CT molecular complexity index is 67.1. The number of hydrogen-bond acceptors (Lipinski definition) is 2. The zero-order valence-corrected chi connectivity index (χ0v) is 11.7. The Labute approximate surface area is 72.1 Å². The van der Waals surface area contributed by atoms with Crippen LogP contribution in [-0.4, -0.2) is 18.7 Å². The van der Waals surface area contributed by atoms with Crippen LogP contribution in [0.2, 0.25) is 0 Å². The van der Waals surface area contributed by atoms with Gasteiger partial charge < -0.3 is 4.74 Å². The fourth-order valence-electron chi connectivity index (χ4n) is 0.220. The van der Waals surface area contributed by atoms with E-state index in [0.717, 1.165) is 0 Å². The van der Waals surface area contributed by atoms with Crippen molar-refractivity contribution in [1.29, 1.82) is 0 Å². The van der Waals surface area contributed by atoms with Crippen molar-refractivity contribution in [2.24, 2.45) is 0 Å². The first-order valence-electron chi connectivity index (χ1n) is 2.17. The summed E-state index contributed by atoms with van der Waals surface area (Å²) in [6.07, 6.45) is 0.397. The Morgan fingerprint density at radius 3 is 2.38 bits per heavy atom. The van der Waals surface area contributed by atoms with Gasteiger partial charge in [-0.25, -0.2) is 0 Å². The molecule has 2 nitrogen and oxygen atoms in total. The van der Waals surface area contributed by atoms with Crippen molar-refractivity contribution in [2.75, 3.05) is 12.8 Å². The average Bonchev–Trinajstić information content (AvgIpc) is 1.68. The van der Waals surface area contributed by atoms with Gasteiger partial charge in [0.2, 0.25) is 0 Å². The molecule has 0 bridgehead atoms. The number of hydrogen-bond donors (Lipinski definition) is 0. The van der Waals surface area contributed by atoms with Gasteiger partial charge in [-0.15, -0.1) is 9.24 Å². The smallest absolute Gasteiger partial charge is 0.309 e. The molecule has 0 spiro atoms. The van der Waals surface area contributed by atoms with Crippen molar-refractivity contribution in [3.8, 4) is 0 Å². The van der Waals surface area contributed by atoms with Crippen LogP contribution in [0.1, 0.15) is 6.92 Å². The van der Waals surface area contributed by atoms with Crippen molar-refractivity contribution >= 4 is 15.2 Å². The van der Waals surface area contributed by atoms with Gasteiger partial charge in [0, 0.05) is 27.7 Å². The quantitative estimate of drug-likeness (QED) is 0.419. The Kier molecular flexibility index (Phi) is 11.4. The zero-order chi connectivity index (χ0) is 5.70. The normalized spacial score (nSPS) is 7.25. The van der Waals surface area contributed by atoms with Crippen molar-refractivity contribution in [3.63, 3.8) is 0 Å². The van der Waals surface area contributed by atoms with E-state index in [1.807, 2.05) is 0 Å². The molecule has 4 heteroatoms. The molecule has 0 saturated carbocycles. The van der Waals surface area contributed by atoms with E-state index in [1.165, 1.54) is 0 Å². The SMILES string of the molecule is CCOC(=O)CP.[Hg]. The number of rotatable bonds is 2.